The summed E-state index contributed by atoms with van der Waals surface area (Å²) >= 11 is 3.33. The van der Waals surface area contributed by atoms with Gasteiger partial charge in [0.25, 0.3) is 0 Å². The van der Waals surface area contributed by atoms with Gasteiger partial charge in [0.05, 0.1) is 19.1 Å². The Morgan fingerprint density at radius 3 is 2.75 bits per heavy atom. The molecule has 86 valence electrons. The van der Waals surface area contributed by atoms with E-state index in [0.29, 0.717) is 11.8 Å². The molecule has 3 nitrogen and oxygen atoms in total. The van der Waals surface area contributed by atoms with Gasteiger partial charge in [-0.25, -0.2) is 0 Å². The van der Waals surface area contributed by atoms with Gasteiger partial charge in [-0.2, -0.15) is 5.26 Å². The zero-order valence-electron chi connectivity index (χ0n) is 9.75. The highest BCUT2D eigenvalue weighted by atomic mass is 79.9. The molecule has 1 aromatic rings. The maximum atomic E-state index is 8.92. The second-order valence-corrected chi connectivity index (χ2v) is 4.38. The van der Waals surface area contributed by atoms with Gasteiger partial charge in [-0.1, -0.05) is 15.9 Å². The fourth-order valence-corrected chi connectivity index (χ4v) is 2.02. The van der Waals surface area contributed by atoms with Crippen LogP contribution < -0.4 is 4.74 Å². The average molecular weight is 283 g/mol. The summed E-state index contributed by atoms with van der Waals surface area (Å²) in [5.74, 6) is 0.829. The van der Waals surface area contributed by atoms with Gasteiger partial charge in [-0.05, 0) is 13.8 Å². The minimum Gasteiger partial charge on any atom is -0.496 e. The lowest BCUT2D eigenvalue weighted by atomic mass is 10.0. The number of nitriles is 1. The van der Waals surface area contributed by atoms with Crippen LogP contribution in [0.1, 0.15) is 16.8 Å². The Morgan fingerprint density at radius 1 is 1.56 bits per heavy atom. The van der Waals surface area contributed by atoms with E-state index in [1.807, 2.05) is 13.8 Å². The van der Waals surface area contributed by atoms with Crippen molar-refractivity contribution in [2.75, 3.05) is 12.4 Å². The SMILES string of the molecule is COc1c(C)cnc(CC(C#N)CBr)c1C. The Hall–Kier alpha value is -1.08. The van der Waals surface area contributed by atoms with Crippen molar-refractivity contribution in [1.29, 1.82) is 5.26 Å². The number of alkyl halides is 1. The molecule has 4 heteroatoms. The van der Waals surface area contributed by atoms with Crippen LogP contribution >= 0.6 is 15.9 Å². The van der Waals surface area contributed by atoms with Gasteiger partial charge in [-0.3, -0.25) is 4.98 Å². The van der Waals surface area contributed by atoms with Crippen LogP contribution in [0.5, 0.6) is 5.75 Å². The number of rotatable bonds is 4. The molecule has 1 aromatic heterocycles. The number of halogens is 1. The molecule has 0 radical (unpaired) electrons. The summed E-state index contributed by atoms with van der Waals surface area (Å²) in [5.41, 5.74) is 2.99. The Morgan fingerprint density at radius 2 is 2.25 bits per heavy atom. The number of hydrogen-bond donors (Lipinski definition) is 0. The van der Waals surface area contributed by atoms with Gasteiger partial charge >= 0.3 is 0 Å². The van der Waals surface area contributed by atoms with Gasteiger partial charge in [0.15, 0.2) is 0 Å². The second-order valence-electron chi connectivity index (χ2n) is 3.73. The van der Waals surface area contributed by atoms with Gasteiger partial charge in [-0.15, -0.1) is 0 Å². The lowest BCUT2D eigenvalue weighted by molar-refractivity contribution is 0.406. The molecule has 0 aliphatic heterocycles. The number of hydrogen-bond acceptors (Lipinski definition) is 3. The van der Waals surface area contributed by atoms with Crippen molar-refractivity contribution in [1.82, 2.24) is 4.98 Å². The van der Waals surface area contributed by atoms with E-state index in [4.69, 9.17) is 10.00 Å². The zero-order valence-corrected chi connectivity index (χ0v) is 11.3. The summed E-state index contributed by atoms with van der Waals surface area (Å²) in [7, 11) is 1.66. The molecule has 16 heavy (non-hydrogen) atoms. The molecule has 0 aliphatic rings. The fourth-order valence-electron chi connectivity index (χ4n) is 1.64. The third-order valence-electron chi connectivity index (χ3n) is 2.56. The predicted octanol–water partition coefficient (Wildman–Crippen LogP) is 2.78. The van der Waals surface area contributed by atoms with Crippen LogP contribution in [-0.4, -0.2) is 17.4 Å². The third kappa shape index (κ3) is 2.73. The van der Waals surface area contributed by atoms with Crippen LogP contribution in [0.15, 0.2) is 6.20 Å². The van der Waals surface area contributed by atoms with Crippen molar-refractivity contribution in [3.63, 3.8) is 0 Å². The smallest absolute Gasteiger partial charge is 0.128 e. The summed E-state index contributed by atoms with van der Waals surface area (Å²) in [5, 5.41) is 9.59. The molecular formula is C12H15BrN2O. The first kappa shape index (κ1) is 13.0. The Kier molecular flexibility index (Phi) is 4.75. The summed E-state index contributed by atoms with van der Waals surface area (Å²) in [6.45, 7) is 3.95. The first-order valence-electron chi connectivity index (χ1n) is 5.08. The normalized spacial score (nSPS) is 11.9. The molecule has 0 amide bonds. The summed E-state index contributed by atoms with van der Waals surface area (Å²) in [6, 6.07) is 2.25. The van der Waals surface area contributed by atoms with Gasteiger partial charge in [0.1, 0.15) is 5.75 Å². The first-order valence-corrected chi connectivity index (χ1v) is 6.20. The minimum absolute atomic E-state index is 0.0430. The first-order chi connectivity index (χ1) is 7.63. The van der Waals surface area contributed by atoms with Crippen molar-refractivity contribution >= 4 is 15.9 Å². The van der Waals surface area contributed by atoms with Gasteiger partial charge in [0, 0.05) is 34.8 Å². The standard InChI is InChI=1S/C12H15BrN2O/c1-8-7-15-11(4-10(5-13)6-14)9(2)12(8)16-3/h7,10H,4-5H2,1-3H3. The van der Waals surface area contributed by atoms with E-state index in [1.165, 1.54) is 0 Å². The number of methoxy groups -OCH3 is 1. The van der Waals surface area contributed by atoms with Crippen LogP contribution in [0.4, 0.5) is 0 Å². The Bertz CT molecular complexity index is 412. The molecule has 1 unspecified atom stereocenters. The maximum Gasteiger partial charge on any atom is 0.128 e. The van der Waals surface area contributed by atoms with Crippen LogP contribution in [0.25, 0.3) is 0 Å². The highest BCUT2D eigenvalue weighted by Gasteiger charge is 2.13. The number of aryl methyl sites for hydroxylation is 1. The molecule has 0 fully saturated rings. The summed E-state index contributed by atoms with van der Waals surface area (Å²) in [4.78, 5) is 4.37. The minimum atomic E-state index is -0.0430. The van der Waals surface area contributed by atoms with Crippen molar-refractivity contribution in [2.24, 2.45) is 5.92 Å². The number of ether oxygens (including phenoxy) is 1. The van der Waals surface area contributed by atoms with Crippen molar-refractivity contribution in [3.8, 4) is 11.8 Å². The largest absolute Gasteiger partial charge is 0.496 e. The molecule has 1 atom stereocenters. The maximum absolute atomic E-state index is 8.92. The zero-order chi connectivity index (χ0) is 12.1. The van der Waals surface area contributed by atoms with Crippen molar-refractivity contribution in [3.05, 3.63) is 23.0 Å². The molecule has 0 spiro atoms. The van der Waals surface area contributed by atoms with Crippen LogP contribution in [0, 0.1) is 31.1 Å². The fraction of sp³-hybridized carbons (Fsp3) is 0.500. The number of pyridine rings is 1. The Labute approximate surface area is 105 Å². The molecule has 1 rings (SSSR count). The van der Waals surface area contributed by atoms with E-state index >= 15 is 0 Å². The van der Waals surface area contributed by atoms with Gasteiger partial charge in [0.2, 0.25) is 0 Å². The molecular weight excluding hydrogens is 268 g/mol. The molecule has 0 saturated carbocycles. The van der Waals surface area contributed by atoms with Gasteiger partial charge < -0.3 is 4.74 Å². The molecule has 0 N–H and O–H groups in total. The number of nitrogens with zero attached hydrogens (tertiary/aromatic N) is 2. The van der Waals surface area contributed by atoms with Crippen molar-refractivity contribution < 1.29 is 4.74 Å². The average Bonchev–Trinajstić information content (AvgIpc) is 2.29. The van der Waals surface area contributed by atoms with Crippen LogP contribution in [-0.2, 0) is 6.42 Å². The van der Waals surface area contributed by atoms with E-state index in [1.54, 1.807) is 13.3 Å². The quantitative estimate of drug-likeness (QED) is 0.798. The molecule has 0 bridgehead atoms. The topological polar surface area (TPSA) is 45.9 Å². The van der Waals surface area contributed by atoms with E-state index in [9.17, 15) is 0 Å². The van der Waals surface area contributed by atoms with E-state index in [-0.39, 0.29) is 5.92 Å². The summed E-state index contributed by atoms with van der Waals surface area (Å²) in [6.07, 6.45) is 2.45. The predicted molar refractivity (Wildman–Crippen MR) is 66.9 cm³/mol. The second kappa shape index (κ2) is 5.86. The van der Waals surface area contributed by atoms with E-state index in [0.717, 1.165) is 22.6 Å². The van der Waals surface area contributed by atoms with Crippen LogP contribution in [0.3, 0.4) is 0 Å². The molecule has 0 aliphatic carbocycles. The monoisotopic (exact) mass is 282 g/mol. The molecule has 0 saturated heterocycles. The highest BCUT2D eigenvalue weighted by Crippen LogP contribution is 2.25. The summed E-state index contributed by atoms with van der Waals surface area (Å²) < 4.78 is 5.33. The third-order valence-corrected chi connectivity index (χ3v) is 3.34. The molecule has 1 heterocycles. The van der Waals surface area contributed by atoms with Crippen LogP contribution in [0.2, 0.25) is 0 Å². The lowest BCUT2D eigenvalue weighted by Crippen LogP contribution is -2.08. The van der Waals surface area contributed by atoms with E-state index < -0.39 is 0 Å². The lowest BCUT2D eigenvalue weighted by Gasteiger charge is -2.13. The van der Waals surface area contributed by atoms with Crippen molar-refractivity contribution in [2.45, 2.75) is 20.3 Å². The highest BCUT2D eigenvalue weighted by molar-refractivity contribution is 9.09. The van der Waals surface area contributed by atoms with E-state index in [2.05, 4.69) is 27.0 Å². The molecule has 0 aromatic carbocycles. The number of aromatic nitrogens is 1. The Balaban J connectivity index is 3.03.